The molecule has 2 amide bonds. The molecule has 5 heteroatoms. The van der Waals surface area contributed by atoms with Crippen molar-refractivity contribution < 1.29 is 9.53 Å². The molecule has 2 aliphatic heterocycles. The maximum absolute atomic E-state index is 12.4. The topological polar surface area (TPSA) is 41.6 Å². The van der Waals surface area contributed by atoms with Crippen LogP contribution in [-0.2, 0) is 4.74 Å². The van der Waals surface area contributed by atoms with Crippen molar-refractivity contribution in [1.29, 1.82) is 0 Å². The summed E-state index contributed by atoms with van der Waals surface area (Å²) in [5.41, 5.74) is 1.84. The fourth-order valence-corrected chi connectivity index (χ4v) is 4.67. The summed E-state index contributed by atoms with van der Waals surface area (Å²) in [6.45, 7) is 3.61. The standard InChI is InChI=1S/C17H24N2O2S/c20-16(18-15-11-14(15)13-1-10-22-12-13)19-6-2-17(3-7-19)4-8-21-9-5-17/h1,10,12,14-15H,2-9,11H2,(H,18,20)/t14-,15+/m0/s1. The van der Waals surface area contributed by atoms with Crippen LogP contribution in [0.4, 0.5) is 4.79 Å². The molecule has 1 aliphatic carbocycles. The van der Waals surface area contributed by atoms with Crippen molar-refractivity contribution in [3.05, 3.63) is 22.4 Å². The van der Waals surface area contributed by atoms with E-state index in [1.807, 2.05) is 4.90 Å². The molecule has 1 saturated carbocycles. The minimum absolute atomic E-state index is 0.143. The van der Waals surface area contributed by atoms with Gasteiger partial charge >= 0.3 is 6.03 Å². The van der Waals surface area contributed by atoms with E-state index in [0.717, 1.165) is 45.6 Å². The molecule has 4 nitrogen and oxygen atoms in total. The van der Waals surface area contributed by atoms with Gasteiger partial charge in [0.05, 0.1) is 0 Å². The van der Waals surface area contributed by atoms with E-state index in [9.17, 15) is 4.79 Å². The van der Waals surface area contributed by atoms with Crippen LogP contribution in [0.25, 0.3) is 0 Å². The minimum atomic E-state index is 0.143. The molecular weight excluding hydrogens is 296 g/mol. The molecule has 1 aromatic rings. The summed E-state index contributed by atoms with van der Waals surface area (Å²) in [4.78, 5) is 14.4. The van der Waals surface area contributed by atoms with Crippen molar-refractivity contribution in [1.82, 2.24) is 10.2 Å². The third-order valence-corrected chi connectivity index (χ3v) is 6.44. The highest BCUT2D eigenvalue weighted by molar-refractivity contribution is 7.08. The first-order valence-corrected chi connectivity index (χ1v) is 9.35. The second kappa shape index (κ2) is 5.85. The summed E-state index contributed by atoms with van der Waals surface area (Å²) in [7, 11) is 0. The van der Waals surface area contributed by atoms with Crippen molar-refractivity contribution in [3.8, 4) is 0 Å². The number of urea groups is 1. The van der Waals surface area contributed by atoms with E-state index in [1.54, 1.807) is 11.3 Å². The highest BCUT2D eigenvalue weighted by atomic mass is 32.1. The SMILES string of the molecule is O=C(N[C@@H]1C[C@H]1c1ccsc1)N1CCC2(CCOCC2)CC1. The van der Waals surface area contributed by atoms with Crippen LogP contribution in [0.1, 0.15) is 43.6 Å². The third-order valence-electron chi connectivity index (χ3n) is 5.74. The lowest BCUT2D eigenvalue weighted by atomic mass is 9.72. The lowest BCUT2D eigenvalue weighted by Crippen LogP contribution is -2.49. The van der Waals surface area contributed by atoms with Gasteiger partial charge in [-0.15, -0.1) is 0 Å². The zero-order valence-electron chi connectivity index (χ0n) is 12.9. The van der Waals surface area contributed by atoms with Gasteiger partial charge in [0.2, 0.25) is 0 Å². The smallest absolute Gasteiger partial charge is 0.317 e. The molecule has 0 bridgehead atoms. The van der Waals surface area contributed by atoms with Crippen molar-refractivity contribution >= 4 is 17.4 Å². The molecule has 4 rings (SSSR count). The number of carbonyl (C=O) groups is 1. The van der Waals surface area contributed by atoms with Crippen LogP contribution < -0.4 is 5.32 Å². The van der Waals surface area contributed by atoms with E-state index in [2.05, 4.69) is 22.1 Å². The van der Waals surface area contributed by atoms with Gasteiger partial charge in [0.25, 0.3) is 0 Å². The van der Waals surface area contributed by atoms with Gasteiger partial charge in [-0.1, -0.05) is 0 Å². The van der Waals surface area contributed by atoms with Gasteiger partial charge in [0.15, 0.2) is 0 Å². The van der Waals surface area contributed by atoms with Crippen LogP contribution in [0.5, 0.6) is 0 Å². The van der Waals surface area contributed by atoms with Gasteiger partial charge in [-0.3, -0.25) is 0 Å². The molecule has 3 aliphatic rings. The number of ether oxygens (including phenoxy) is 1. The molecule has 120 valence electrons. The monoisotopic (exact) mass is 320 g/mol. The second-order valence-corrected chi connectivity index (χ2v) is 7.83. The molecule has 0 aromatic carbocycles. The Hall–Kier alpha value is -1.07. The Morgan fingerprint density at radius 1 is 1.27 bits per heavy atom. The van der Waals surface area contributed by atoms with E-state index in [0.29, 0.717) is 17.4 Å². The van der Waals surface area contributed by atoms with Gasteiger partial charge in [0, 0.05) is 38.3 Å². The van der Waals surface area contributed by atoms with E-state index in [-0.39, 0.29) is 6.03 Å². The molecule has 1 N–H and O–H groups in total. The van der Waals surface area contributed by atoms with Crippen LogP contribution in [-0.4, -0.2) is 43.3 Å². The molecule has 2 atom stereocenters. The van der Waals surface area contributed by atoms with Gasteiger partial charge in [-0.05, 0) is 59.9 Å². The number of likely N-dealkylation sites (tertiary alicyclic amines) is 1. The van der Waals surface area contributed by atoms with Gasteiger partial charge in [-0.2, -0.15) is 11.3 Å². The zero-order chi connectivity index (χ0) is 15.0. The molecule has 2 saturated heterocycles. The first-order valence-electron chi connectivity index (χ1n) is 8.41. The van der Waals surface area contributed by atoms with Gasteiger partial charge < -0.3 is 15.0 Å². The largest absolute Gasteiger partial charge is 0.381 e. The molecule has 3 fully saturated rings. The number of carbonyl (C=O) groups excluding carboxylic acids is 1. The molecule has 0 radical (unpaired) electrons. The average Bonchev–Trinajstić information content (AvgIpc) is 3.09. The summed E-state index contributed by atoms with van der Waals surface area (Å²) < 4.78 is 5.49. The number of hydrogen-bond donors (Lipinski definition) is 1. The number of piperidine rings is 1. The number of amides is 2. The van der Waals surface area contributed by atoms with E-state index in [1.165, 1.54) is 18.4 Å². The van der Waals surface area contributed by atoms with E-state index < -0.39 is 0 Å². The van der Waals surface area contributed by atoms with E-state index >= 15 is 0 Å². The summed E-state index contributed by atoms with van der Waals surface area (Å²) in [6, 6.07) is 2.67. The Labute approximate surface area is 135 Å². The maximum Gasteiger partial charge on any atom is 0.317 e. The average molecular weight is 320 g/mol. The molecule has 3 heterocycles. The highest BCUT2D eigenvalue weighted by Gasteiger charge is 2.42. The Balaban J connectivity index is 1.26. The summed E-state index contributed by atoms with van der Waals surface area (Å²) in [5.74, 6) is 0.543. The predicted octanol–water partition coefficient (Wildman–Crippen LogP) is 3.21. The lowest BCUT2D eigenvalue weighted by molar-refractivity contribution is -0.0145. The molecule has 0 unspecified atom stereocenters. The zero-order valence-corrected chi connectivity index (χ0v) is 13.7. The third kappa shape index (κ3) is 2.88. The Bertz CT molecular complexity index is 515. The Morgan fingerprint density at radius 3 is 2.73 bits per heavy atom. The first kappa shape index (κ1) is 14.5. The Morgan fingerprint density at radius 2 is 2.05 bits per heavy atom. The van der Waals surface area contributed by atoms with Gasteiger partial charge in [0.1, 0.15) is 0 Å². The highest BCUT2D eigenvalue weighted by Crippen LogP contribution is 2.43. The minimum Gasteiger partial charge on any atom is -0.381 e. The number of rotatable bonds is 2. The van der Waals surface area contributed by atoms with Crippen molar-refractivity contribution in [2.75, 3.05) is 26.3 Å². The fourth-order valence-electron chi connectivity index (χ4n) is 3.95. The lowest BCUT2D eigenvalue weighted by Gasteiger charge is -2.44. The number of hydrogen-bond acceptors (Lipinski definition) is 3. The predicted molar refractivity (Wildman–Crippen MR) is 87.3 cm³/mol. The molecule has 1 aromatic heterocycles. The van der Waals surface area contributed by atoms with Crippen molar-refractivity contribution in [2.45, 2.75) is 44.1 Å². The quantitative estimate of drug-likeness (QED) is 0.909. The van der Waals surface area contributed by atoms with Crippen LogP contribution in [0.2, 0.25) is 0 Å². The number of nitrogens with zero attached hydrogens (tertiary/aromatic N) is 1. The maximum atomic E-state index is 12.4. The van der Waals surface area contributed by atoms with Crippen molar-refractivity contribution in [2.24, 2.45) is 5.41 Å². The van der Waals surface area contributed by atoms with Crippen LogP contribution >= 0.6 is 11.3 Å². The second-order valence-electron chi connectivity index (χ2n) is 7.05. The van der Waals surface area contributed by atoms with E-state index in [4.69, 9.17) is 4.74 Å². The number of nitrogens with one attached hydrogen (secondary N) is 1. The molecule has 22 heavy (non-hydrogen) atoms. The summed E-state index contributed by atoms with van der Waals surface area (Å²) in [6.07, 6.45) is 5.72. The van der Waals surface area contributed by atoms with Crippen LogP contribution in [0.3, 0.4) is 0 Å². The number of thiophene rings is 1. The fraction of sp³-hybridized carbons (Fsp3) is 0.706. The normalized spacial score (nSPS) is 30.3. The molecular formula is C17H24N2O2S. The van der Waals surface area contributed by atoms with Crippen LogP contribution in [0.15, 0.2) is 16.8 Å². The van der Waals surface area contributed by atoms with Crippen LogP contribution in [0, 0.1) is 5.41 Å². The Kier molecular flexibility index (Phi) is 3.86. The molecule has 1 spiro atoms. The van der Waals surface area contributed by atoms with Gasteiger partial charge in [-0.25, -0.2) is 4.79 Å². The summed E-state index contributed by atoms with van der Waals surface area (Å²) in [5, 5.41) is 7.54. The van der Waals surface area contributed by atoms with Crippen molar-refractivity contribution in [3.63, 3.8) is 0 Å². The first-order chi connectivity index (χ1) is 10.8. The summed E-state index contributed by atoms with van der Waals surface area (Å²) >= 11 is 1.74.